The van der Waals surface area contributed by atoms with Crippen LogP contribution in [0.4, 0.5) is 4.39 Å². The summed E-state index contributed by atoms with van der Waals surface area (Å²) in [5.74, 6) is 1.12. The zero-order valence-corrected chi connectivity index (χ0v) is 12.6. The van der Waals surface area contributed by atoms with E-state index in [4.69, 9.17) is 4.74 Å². The number of ether oxygens (including phenoxy) is 1. The predicted molar refractivity (Wildman–Crippen MR) is 78.4 cm³/mol. The van der Waals surface area contributed by atoms with Crippen molar-refractivity contribution in [1.82, 2.24) is 20.1 Å². The maximum Gasteiger partial charge on any atom is 0.170 e. The van der Waals surface area contributed by atoms with E-state index >= 15 is 0 Å². The van der Waals surface area contributed by atoms with Crippen LogP contribution in [-0.4, -0.2) is 21.3 Å². The fourth-order valence-electron chi connectivity index (χ4n) is 2.04. The third kappa shape index (κ3) is 4.01. The van der Waals surface area contributed by atoms with Crippen molar-refractivity contribution in [3.63, 3.8) is 0 Å². The molecule has 0 saturated heterocycles. The smallest absolute Gasteiger partial charge is 0.170 e. The Morgan fingerprint density at radius 3 is 2.90 bits per heavy atom. The van der Waals surface area contributed by atoms with Gasteiger partial charge in [0, 0.05) is 18.7 Å². The van der Waals surface area contributed by atoms with E-state index in [1.165, 1.54) is 12.1 Å². The Labute approximate surface area is 124 Å². The fourth-order valence-corrected chi connectivity index (χ4v) is 2.04. The average molecular weight is 292 g/mol. The molecule has 0 aliphatic heterocycles. The third-order valence-corrected chi connectivity index (χ3v) is 3.30. The second-order valence-electron chi connectivity index (χ2n) is 5.00. The summed E-state index contributed by atoms with van der Waals surface area (Å²) < 4.78 is 21.1. The Morgan fingerprint density at radius 2 is 2.24 bits per heavy atom. The molecule has 0 aliphatic carbocycles. The first-order chi connectivity index (χ1) is 10.1. The third-order valence-electron chi connectivity index (χ3n) is 3.30. The van der Waals surface area contributed by atoms with Crippen LogP contribution in [0, 0.1) is 5.82 Å². The number of hydrogen-bond donors (Lipinski definition) is 1. The minimum absolute atomic E-state index is 0.0233. The minimum atomic E-state index is -0.263. The molecule has 0 saturated carbocycles. The van der Waals surface area contributed by atoms with Crippen LogP contribution in [0.5, 0.6) is 5.75 Å². The normalized spacial score (nSPS) is 12.4. The summed E-state index contributed by atoms with van der Waals surface area (Å²) in [6.45, 7) is 5.27. The van der Waals surface area contributed by atoms with Gasteiger partial charge in [-0.1, -0.05) is 6.92 Å². The van der Waals surface area contributed by atoms with E-state index in [0.29, 0.717) is 12.4 Å². The first kappa shape index (κ1) is 15.4. The van der Waals surface area contributed by atoms with Gasteiger partial charge >= 0.3 is 0 Å². The summed E-state index contributed by atoms with van der Waals surface area (Å²) in [5.41, 5.74) is 0.811. The van der Waals surface area contributed by atoms with Crippen LogP contribution in [0.1, 0.15) is 37.7 Å². The number of aromatic nitrogens is 3. The standard InChI is InChI=1S/C15H21FN4O/c1-4-7-17-11(2)13-8-12(16)5-6-14(13)21-9-15-19-18-10-20(15)3/h5-6,8,10-11,17H,4,7,9H2,1-3H3. The highest BCUT2D eigenvalue weighted by Crippen LogP contribution is 2.26. The summed E-state index contributed by atoms with van der Waals surface area (Å²) in [6.07, 6.45) is 2.64. The fraction of sp³-hybridized carbons (Fsp3) is 0.467. The number of aryl methyl sites for hydroxylation is 1. The number of nitrogens with one attached hydrogen (secondary N) is 1. The Morgan fingerprint density at radius 1 is 1.43 bits per heavy atom. The van der Waals surface area contributed by atoms with Crippen molar-refractivity contribution < 1.29 is 9.13 Å². The lowest BCUT2D eigenvalue weighted by Crippen LogP contribution is -2.20. The molecule has 1 heterocycles. The lowest BCUT2D eigenvalue weighted by molar-refractivity contribution is 0.285. The van der Waals surface area contributed by atoms with Gasteiger partial charge in [0.15, 0.2) is 5.82 Å². The lowest BCUT2D eigenvalue weighted by Gasteiger charge is -2.18. The van der Waals surface area contributed by atoms with Gasteiger partial charge in [0.1, 0.15) is 24.5 Å². The Hall–Kier alpha value is -1.95. The molecule has 0 radical (unpaired) electrons. The van der Waals surface area contributed by atoms with Crippen molar-refractivity contribution in [1.29, 1.82) is 0 Å². The number of hydrogen-bond acceptors (Lipinski definition) is 4. The van der Waals surface area contributed by atoms with Crippen molar-refractivity contribution in [2.24, 2.45) is 7.05 Å². The SMILES string of the molecule is CCCNC(C)c1cc(F)ccc1OCc1nncn1C. The lowest BCUT2D eigenvalue weighted by atomic mass is 10.1. The molecule has 114 valence electrons. The quantitative estimate of drug-likeness (QED) is 0.852. The van der Waals surface area contributed by atoms with Gasteiger partial charge < -0.3 is 14.6 Å². The molecule has 5 nitrogen and oxygen atoms in total. The van der Waals surface area contributed by atoms with Crippen LogP contribution in [0.3, 0.4) is 0 Å². The van der Waals surface area contributed by atoms with Crippen molar-refractivity contribution in [3.8, 4) is 5.75 Å². The monoisotopic (exact) mass is 292 g/mol. The summed E-state index contributed by atoms with van der Waals surface area (Å²) in [6, 6.07) is 4.60. The maximum absolute atomic E-state index is 13.5. The Bertz CT molecular complexity index is 585. The van der Waals surface area contributed by atoms with Crippen LogP contribution in [0.25, 0.3) is 0 Å². The van der Waals surface area contributed by atoms with E-state index in [1.807, 2.05) is 14.0 Å². The van der Waals surface area contributed by atoms with Crippen LogP contribution in [-0.2, 0) is 13.7 Å². The molecule has 1 atom stereocenters. The summed E-state index contributed by atoms with van der Waals surface area (Å²) in [4.78, 5) is 0. The summed E-state index contributed by atoms with van der Waals surface area (Å²) >= 11 is 0. The number of rotatable bonds is 7. The van der Waals surface area contributed by atoms with E-state index in [1.54, 1.807) is 17.0 Å². The first-order valence-corrected chi connectivity index (χ1v) is 7.10. The van der Waals surface area contributed by atoms with E-state index in [-0.39, 0.29) is 11.9 Å². The highest BCUT2D eigenvalue weighted by atomic mass is 19.1. The second kappa shape index (κ2) is 7.17. The zero-order chi connectivity index (χ0) is 15.2. The highest BCUT2D eigenvalue weighted by Gasteiger charge is 2.13. The zero-order valence-electron chi connectivity index (χ0n) is 12.6. The summed E-state index contributed by atoms with van der Waals surface area (Å²) in [5, 5.41) is 11.1. The Kier molecular flexibility index (Phi) is 5.27. The van der Waals surface area contributed by atoms with E-state index in [2.05, 4.69) is 22.4 Å². The van der Waals surface area contributed by atoms with Crippen molar-refractivity contribution in [2.75, 3.05) is 6.54 Å². The molecular weight excluding hydrogens is 271 g/mol. The van der Waals surface area contributed by atoms with Gasteiger partial charge in [-0.25, -0.2) is 4.39 Å². The molecule has 0 bridgehead atoms. The van der Waals surface area contributed by atoms with Crippen LogP contribution in [0.2, 0.25) is 0 Å². The van der Waals surface area contributed by atoms with Crippen molar-refractivity contribution in [3.05, 3.63) is 41.7 Å². The van der Waals surface area contributed by atoms with Gasteiger partial charge in [0.25, 0.3) is 0 Å². The molecule has 2 aromatic rings. The molecule has 0 amide bonds. The Balaban J connectivity index is 2.12. The van der Waals surface area contributed by atoms with Crippen LogP contribution in [0.15, 0.2) is 24.5 Å². The summed E-state index contributed by atoms with van der Waals surface area (Å²) in [7, 11) is 1.86. The molecule has 1 N–H and O–H groups in total. The number of benzene rings is 1. The average Bonchev–Trinajstić information content (AvgIpc) is 2.88. The molecule has 0 spiro atoms. The number of halogens is 1. The van der Waals surface area contributed by atoms with Crippen LogP contribution < -0.4 is 10.1 Å². The van der Waals surface area contributed by atoms with E-state index in [0.717, 1.165) is 24.4 Å². The molecular formula is C15H21FN4O. The minimum Gasteiger partial charge on any atom is -0.485 e. The molecule has 21 heavy (non-hydrogen) atoms. The van der Waals surface area contributed by atoms with E-state index in [9.17, 15) is 4.39 Å². The van der Waals surface area contributed by atoms with Gasteiger partial charge in [-0.2, -0.15) is 0 Å². The predicted octanol–water partition coefficient (Wildman–Crippen LogP) is 2.59. The molecule has 0 aliphatic rings. The molecule has 1 aromatic heterocycles. The largest absolute Gasteiger partial charge is 0.485 e. The van der Waals surface area contributed by atoms with E-state index < -0.39 is 0 Å². The van der Waals surface area contributed by atoms with Crippen molar-refractivity contribution in [2.45, 2.75) is 32.9 Å². The molecule has 0 fully saturated rings. The molecule has 6 heteroatoms. The number of nitrogens with zero attached hydrogens (tertiary/aromatic N) is 3. The molecule has 1 aromatic carbocycles. The van der Waals surface area contributed by atoms with Gasteiger partial charge in [0.2, 0.25) is 0 Å². The highest BCUT2D eigenvalue weighted by molar-refractivity contribution is 5.36. The topological polar surface area (TPSA) is 52.0 Å². The molecule has 2 rings (SSSR count). The maximum atomic E-state index is 13.5. The second-order valence-corrected chi connectivity index (χ2v) is 5.00. The van der Waals surface area contributed by atoms with Gasteiger partial charge in [-0.3, -0.25) is 0 Å². The van der Waals surface area contributed by atoms with Gasteiger partial charge in [0.05, 0.1) is 0 Å². The van der Waals surface area contributed by atoms with Crippen molar-refractivity contribution >= 4 is 0 Å². The molecule has 1 unspecified atom stereocenters. The van der Waals surface area contributed by atoms with Gasteiger partial charge in [-0.05, 0) is 38.1 Å². The first-order valence-electron chi connectivity index (χ1n) is 7.10. The van der Waals surface area contributed by atoms with Gasteiger partial charge in [-0.15, -0.1) is 10.2 Å². The van der Waals surface area contributed by atoms with Crippen LogP contribution >= 0.6 is 0 Å².